The van der Waals surface area contributed by atoms with Gasteiger partial charge in [0.2, 0.25) is 0 Å². The largest absolute Gasteiger partial charge is 0.379 e. The molecule has 1 aromatic carbocycles. The third kappa shape index (κ3) is 2.34. The highest BCUT2D eigenvalue weighted by Crippen LogP contribution is 2.10. The van der Waals surface area contributed by atoms with Gasteiger partial charge in [0.1, 0.15) is 0 Å². The van der Waals surface area contributed by atoms with Crippen LogP contribution in [0, 0.1) is 13.0 Å². The van der Waals surface area contributed by atoms with E-state index in [0.717, 1.165) is 32.8 Å². The molecule has 2 heteroatoms. The third-order valence-electron chi connectivity index (χ3n) is 2.66. The molecule has 2 rings (SSSR count). The van der Waals surface area contributed by atoms with E-state index in [1.54, 1.807) is 0 Å². The number of aryl methyl sites for hydroxylation is 1. The van der Waals surface area contributed by atoms with Crippen LogP contribution < -0.4 is 0 Å². The highest BCUT2D eigenvalue weighted by Gasteiger charge is 2.11. The van der Waals surface area contributed by atoms with Gasteiger partial charge in [-0.25, -0.2) is 0 Å². The van der Waals surface area contributed by atoms with Crippen molar-refractivity contribution >= 4 is 0 Å². The molecule has 0 aromatic heterocycles. The number of ether oxygens (including phenoxy) is 1. The summed E-state index contributed by atoms with van der Waals surface area (Å²) >= 11 is 0. The Hall–Kier alpha value is -0.860. The molecule has 2 nitrogen and oxygen atoms in total. The van der Waals surface area contributed by atoms with E-state index in [1.807, 2.05) is 12.1 Å². The lowest BCUT2D eigenvalue weighted by Gasteiger charge is -2.26. The van der Waals surface area contributed by atoms with Crippen LogP contribution >= 0.6 is 0 Å². The van der Waals surface area contributed by atoms with Crippen LogP contribution in [0.3, 0.4) is 0 Å². The van der Waals surface area contributed by atoms with E-state index in [9.17, 15) is 0 Å². The standard InChI is InChI=1S/C12H16NO/c1-11-4-2-3-5-12(11)10-13-6-8-14-9-7-13/h2-4H,6-10H2,1H3. The van der Waals surface area contributed by atoms with Gasteiger partial charge in [0.25, 0.3) is 0 Å². The van der Waals surface area contributed by atoms with Crippen molar-refractivity contribution in [3.05, 3.63) is 35.4 Å². The highest BCUT2D eigenvalue weighted by molar-refractivity contribution is 5.24. The summed E-state index contributed by atoms with van der Waals surface area (Å²) in [5.74, 6) is 0. The van der Waals surface area contributed by atoms with Crippen LogP contribution in [-0.2, 0) is 11.3 Å². The highest BCUT2D eigenvalue weighted by atomic mass is 16.5. The van der Waals surface area contributed by atoms with E-state index >= 15 is 0 Å². The van der Waals surface area contributed by atoms with Crippen molar-refractivity contribution in [3.8, 4) is 0 Å². The van der Waals surface area contributed by atoms with Gasteiger partial charge in [-0.3, -0.25) is 4.90 Å². The minimum Gasteiger partial charge on any atom is -0.379 e. The maximum Gasteiger partial charge on any atom is 0.0594 e. The van der Waals surface area contributed by atoms with Gasteiger partial charge in [-0.2, -0.15) is 0 Å². The molecule has 1 saturated heterocycles. The molecule has 0 N–H and O–H groups in total. The second-order valence-electron chi connectivity index (χ2n) is 3.72. The van der Waals surface area contributed by atoms with Crippen LogP contribution in [0.4, 0.5) is 0 Å². The van der Waals surface area contributed by atoms with Gasteiger partial charge >= 0.3 is 0 Å². The third-order valence-corrected chi connectivity index (χ3v) is 2.66. The first kappa shape index (κ1) is 9.69. The predicted octanol–water partition coefficient (Wildman–Crippen LogP) is 1.63. The minimum atomic E-state index is 0.867. The molecular weight excluding hydrogens is 174 g/mol. The second kappa shape index (κ2) is 4.58. The van der Waals surface area contributed by atoms with Gasteiger partial charge in [-0.15, -0.1) is 0 Å². The van der Waals surface area contributed by atoms with Crippen molar-refractivity contribution in [1.82, 2.24) is 4.90 Å². The number of hydrogen-bond acceptors (Lipinski definition) is 2. The van der Waals surface area contributed by atoms with Gasteiger partial charge in [0, 0.05) is 19.6 Å². The number of morpholine rings is 1. The maximum absolute atomic E-state index is 5.32. The van der Waals surface area contributed by atoms with Gasteiger partial charge in [0.15, 0.2) is 0 Å². The summed E-state index contributed by atoms with van der Waals surface area (Å²) in [5, 5.41) is 0. The summed E-state index contributed by atoms with van der Waals surface area (Å²) in [6, 6.07) is 9.48. The van der Waals surface area contributed by atoms with Gasteiger partial charge in [-0.05, 0) is 24.1 Å². The molecule has 1 aliphatic heterocycles. The van der Waals surface area contributed by atoms with E-state index in [0.29, 0.717) is 0 Å². The zero-order valence-electron chi connectivity index (χ0n) is 8.62. The van der Waals surface area contributed by atoms with Crippen molar-refractivity contribution in [1.29, 1.82) is 0 Å². The Bertz CT molecular complexity index is 292. The van der Waals surface area contributed by atoms with Crippen molar-refractivity contribution in [2.75, 3.05) is 26.3 Å². The molecule has 1 aliphatic rings. The fourth-order valence-electron chi connectivity index (χ4n) is 1.71. The lowest BCUT2D eigenvalue weighted by atomic mass is 10.1. The molecule has 0 atom stereocenters. The topological polar surface area (TPSA) is 12.5 Å². The molecule has 1 aromatic rings. The van der Waals surface area contributed by atoms with E-state index < -0.39 is 0 Å². The van der Waals surface area contributed by atoms with Crippen LogP contribution in [0.15, 0.2) is 18.2 Å². The molecule has 0 aliphatic carbocycles. The SMILES string of the molecule is Cc1ccc[c]c1CN1CCOCC1. The zero-order valence-corrected chi connectivity index (χ0v) is 8.62. The van der Waals surface area contributed by atoms with Crippen LogP contribution in [0.25, 0.3) is 0 Å². The average molecular weight is 190 g/mol. The fourth-order valence-corrected chi connectivity index (χ4v) is 1.71. The predicted molar refractivity (Wildman–Crippen MR) is 56.1 cm³/mol. The molecule has 0 spiro atoms. The van der Waals surface area contributed by atoms with Crippen LogP contribution in [0.5, 0.6) is 0 Å². The molecule has 75 valence electrons. The molecule has 0 amide bonds. The Kier molecular flexibility index (Phi) is 3.17. The number of hydrogen-bond donors (Lipinski definition) is 0. The number of benzene rings is 1. The van der Waals surface area contributed by atoms with E-state index in [2.05, 4.69) is 24.0 Å². The van der Waals surface area contributed by atoms with Gasteiger partial charge < -0.3 is 4.74 Å². The molecule has 0 unspecified atom stereocenters. The Balaban J connectivity index is 1.99. The normalized spacial score (nSPS) is 18.4. The molecule has 0 bridgehead atoms. The summed E-state index contributed by atoms with van der Waals surface area (Å²) < 4.78 is 5.32. The first-order chi connectivity index (χ1) is 6.86. The Labute approximate surface area is 85.5 Å². The molecular formula is C12H16NO. The summed E-state index contributed by atoms with van der Waals surface area (Å²) in [7, 11) is 0. The maximum atomic E-state index is 5.32. The number of rotatable bonds is 2. The molecule has 1 fully saturated rings. The number of nitrogens with zero attached hydrogens (tertiary/aromatic N) is 1. The van der Waals surface area contributed by atoms with Crippen molar-refractivity contribution < 1.29 is 4.74 Å². The molecule has 1 heterocycles. The van der Waals surface area contributed by atoms with Gasteiger partial charge in [0.05, 0.1) is 13.2 Å². The second-order valence-corrected chi connectivity index (χ2v) is 3.72. The Morgan fingerprint density at radius 1 is 1.43 bits per heavy atom. The lowest BCUT2D eigenvalue weighted by Crippen LogP contribution is -2.35. The van der Waals surface area contributed by atoms with Crippen molar-refractivity contribution in [2.24, 2.45) is 0 Å². The van der Waals surface area contributed by atoms with E-state index in [1.165, 1.54) is 11.1 Å². The zero-order chi connectivity index (χ0) is 9.80. The monoisotopic (exact) mass is 190 g/mol. The fraction of sp³-hybridized carbons (Fsp3) is 0.500. The summed E-state index contributed by atoms with van der Waals surface area (Å²) in [4.78, 5) is 2.42. The van der Waals surface area contributed by atoms with E-state index in [4.69, 9.17) is 4.74 Å². The first-order valence-corrected chi connectivity index (χ1v) is 5.12. The van der Waals surface area contributed by atoms with Crippen LogP contribution in [0.1, 0.15) is 11.1 Å². The summed E-state index contributed by atoms with van der Waals surface area (Å²) in [5.41, 5.74) is 2.65. The minimum absolute atomic E-state index is 0.867. The Morgan fingerprint density at radius 3 is 2.93 bits per heavy atom. The lowest BCUT2D eigenvalue weighted by molar-refractivity contribution is 0.0341. The molecule has 0 saturated carbocycles. The van der Waals surface area contributed by atoms with Crippen molar-refractivity contribution in [3.63, 3.8) is 0 Å². The van der Waals surface area contributed by atoms with Crippen LogP contribution in [0.2, 0.25) is 0 Å². The van der Waals surface area contributed by atoms with E-state index in [-0.39, 0.29) is 0 Å². The molecule has 1 radical (unpaired) electrons. The van der Waals surface area contributed by atoms with Crippen LogP contribution in [-0.4, -0.2) is 31.2 Å². The first-order valence-electron chi connectivity index (χ1n) is 5.12. The smallest absolute Gasteiger partial charge is 0.0594 e. The van der Waals surface area contributed by atoms with Crippen molar-refractivity contribution in [2.45, 2.75) is 13.5 Å². The average Bonchev–Trinajstić information content (AvgIpc) is 2.23. The quantitative estimate of drug-likeness (QED) is 0.702. The van der Waals surface area contributed by atoms with Gasteiger partial charge in [-0.1, -0.05) is 18.2 Å². The summed E-state index contributed by atoms with van der Waals surface area (Å²) in [6.07, 6.45) is 0. The summed E-state index contributed by atoms with van der Waals surface area (Å²) in [6.45, 7) is 6.98. The Morgan fingerprint density at radius 2 is 2.21 bits per heavy atom. The molecule has 14 heavy (non-hydrogen) atoms.